The van der Waals surface area contributed by atoms with Crippen LogP contribution in [0.15, 0.2) is 34.6 Å². The monoisotopic (exact) mass is 336 g/mol. The van der Waals surface area contributed by atoms with Crippen LogP contribution in [-0.2, 0) is 6.42 Å². The molecule has 2 nitrogen and oxygen atoms in total. The van der Waals surface area contributed by atoms with Crippen molar-refractivity contribution in [1.82, 2.24) is 0 Å². The average Bonchev–Trinajstić information content (AvgIpc) is 2.58. The second kappa shape index (κ2) is 9.82. The molecule has 4 heteroatoms. The summed E-state index contributed by atoms with van der Waals surface area (Å²) in [6.45, 7) is 6.28. The molecule has 3 rings (SSSR count). The lowest BCUT2D eigenvalue weighted by molar-refractivity contribution is 0.323. The van der Waals surface area contributed by atoms with Crippen molar-refractivity contribution < 1.29 is 5.11 Å². The lowest BCUT2D eigenvalue weighted by Crippen LogP contribution is -2.10. The number of thiol groups is 1. The van der Waals surface area contributed by atoms with Crippen LogP contribution in [0.4, 0.5) is 0 Å². The summed E-state index contributed by atoms with van der Waals surface area (Å²) in [6.07, 6.45) is 4.16. The van der Waals surface area contributed by atoms with Gasteiger partial charge in [-0.2, -0.15) is 12.6 Å². The van der Waals surface area contributed by atoms with E-state index in [1.54, 1.807) is 11.3 Å². The Morgan fingerprint density at radius 1 is 1.23 bits per heavy atom. The molecule has 1 aromatic heterocycles. The molecular formula is C18H24O2S2. The summed E-state index contributed by atoms with van der Waals surface area (Å²) >= 11 is 5.43. The second-order valence-electron chi connectivity index (χ2n) is 4.70. The molecule has 0 spiro atoms. The molecule has 0 aliphatic heterocycles. The molecular weight excluding hydrogens is 312 g/mol. The zero-order valence-corrected chi connectivity index (χ0v) is 15.1. The normalized spacial score (nSPS) is 12.3. The van der Waals surface area contributed by atoms with Crippen molar-refractivity contribution in [1.29, 1.82) is 0 Å². The van der Waals surface area contributed by atoms with Crippen LogP contribution in [0.5, 0.6) is 0 Å². The van der Waals surface area contributed by atoms with Crippen LogP contribution < -0.4 is 5.43 Å². The molecule has 1 heterocycles. The number of fused-ring (bicyclic) bond motifs is 2. The summed E-state index contributed by atoms with van der Waals surface area (Å²) < 4.78 is 1.11. The number of aliphatic hydroxyl groups is 1. The van der Waals surface area contributed by atoms with E-state index in [1.807, 2.05) is 38.1 Å². The molecule has 1 aliphatic rings. The van der Waals surface area contributed by atoms with Gasteiger partial charge in [-0.05, 0) is 31.9 Å². The van der Waals surface area contributed by atoms with Crippen LogP contribution >= 0.6 is 24.0 Å². The molecule has 1 N–H and O–H groups in total. The predicted molar refractivity (Wildman–Crippen MR) is 102 cm³/mol. The van der Waals surface area contributed by atoms with Crippen molar-refractivity contribution in [2.45, 2.75) is 33.6 Å². The molecule has 0 radical (unpaired) electrons. The van der Waals surface area contributed by atoms with Gasteiger partial charge in [-0.25, -0.2) is 0 Å². The van der Waals surface area contributed by atoms with Crippen LogP contribution in [-0.4, -0.2) is 17.5 Å². The fourth-order valence-corrected chi connectivity index (χ4v) is 3.31. The molecule has 0 fully saturated rings. The Bertz CT molecular complexity index is 685. The highest BCUT2D eigenvalue weighted by Crippen LogP contribution is 2.28. The van der Waals surface area contributed by atoms with Gasteiger partial charge < -0.3 is 5.11 Å². The minimum Gasteiger partial charge on any atom is -0.396 e. The van der Waals surface area contributed by atoms with Gasteiger partial charge in [0.15, 0.2) is 5.43 Å². The van der Waals surface area contributed by atoms with Gasteiger partial charge in [0, 0.05) is 26.3 Å². The Labute approximate surface area is 141 Å². The standard InChI is InChI=1S/C14H12OS.C2H6OS.C2H6/c1-9-6-7-13-11(8-9)14(15)10-4-2-3-5-12(10)16-13;3-1-2-4;1-2/h2-5,8H,6-7H2,1H3;3-4H,1-2H2;1-2H3. The first-order valence-corrected chi connectivity index (χ1v) is 9.06. The fourth-order valence-electron chi connectivity index (χ4n) is 2.16. The number of allylic oxidation sites excluding steroid dienone is 1. The molecule has 1 aromatic carbocycles. The van der Waals surface area contributed by atoms with E-state index < -0.39 is 0 Å². The van der Waals surface area contributed by atoms with Crippen LogP contribution in [0.25, 0.3) is 16.2 Å². The molecule has 1 aliphatic carbocycles. The Balaban J connectivity index is 0.000000354. The number of hydrogen-bond donors (Lipinski definition) is 2. The van der Waals surface area contributed by atoms with Crippen LogP contribution in [0.1, 0.15) is 37.6 Å². The van der Waals surface area contributed by atoms with E-state index in [4.69, 9.17) is 5.11 Å². The molecule has 0 atom stereocenters. The summed E-state index contributed by atoms with van der Waals surface area (Å²) in [7, 11) is 0. The molecule has 0 saturated carbocycles. The van der Waals surface area contributed by atoms with E-state index in [0.717, 1.165) is 28.5 Å². The van der Waals surface area contributed by atoms with E-state index in [9.17, 15) is 4.79 Å². The summed E-state index contributed by atoms with van der Waals surface area (Å²) in [5, 5.41) is 8.66. The molecule has 120 valence electrons. The summed E-state index contributed by atoms with van der Waals surface area (Å²) in [5.74, 6) is 0.569. The van der Waals surface area contributed by atoms with Gasteiger partial charge in [0.25, 0.3) is 0 Å². The van der Waals surface area contributed by atoms with Gasteiger partial charge in [-0.3, -0.25) is 4.79 Å². The smallest absolute Gasteiger partial charge is 0.195 e. The first-order valence-electron chi connectivity index (χ1n) is 7.61. The zero-order chi connectivity index (χ0) is 16.5. The van der Waals surface area contributed by atoms with Crippen molar-refractivity contribution in [2.24, 2.45) is 0 Å². The molecule has 22 heavy (non-hydrogen) atoms. The Morgan fingerprint density at radius 2 is 1.86 bits per heavy atom. The van der Waals surface area contributed by atoms with Gasteiger partial charge in [0.1, 0.15) is 0 Å². The zero-order valence-electron chi connectivity index (χ0n) is 13.4. The van der Waals surface area contributed by atoms with E-state index in [1.165, 1.54) is 10.5 Å². The third-order valence-electron chi connectivity index (χ3n) is 3.15. The fraction of sp³-hybridized carbons (Fsp3) is 0.389. The van der Waals surface area contributed by atoms with Crippen molar-refractivity contribution >= 4 is 40.1 Å². The number of aryl methyl sites for hydroxylation is 1. The van der Waals surface area contributed by atoms with Crippen LogP contribution in [0.2, 0.25) is 0 Å². The quantitative estimate of drug-likeness (QED) is 0.750. The highest BCUT2D eigenvalue weighted by atomic mass is 32.1. The summed E-state index contributed by atoms with van der Waals surface area (Å²) in [5.41, 5.74) is 2.43. The highest BCUT2D eigenvalue weighted by molar-refractivity contribution is 7.80. The first-order chi connectivity index (χ1) is 10.7. The Kier molecular flexibility index (Phi) is 8.46. The maximum atomic E-state index is 12.3. The van der Waals surface area contributed by atoms with Crippen LogP contribution in [0.3, 0.4) is 0 Å². The lowest BCUT2D eigenvalue weighted by Gasteiger charge is -2.13. The first kappa shape index (κ1) is 18.9. The minimum absolute atomic E-state index is 0.184. The van der Waals surface area contributed by atoms with E-state index >= 15 is 0 Å². The lowest BCUT2D eigenvalue weighted by atomic mass is 9.99. The molecule has 0 amide bonds. The number of rotatable bonds is 1. The third kappa shape index (κ3) is 4.70. The van der Waals surface area contributed by atoms with Gasteiger partial charge in [-0.15, -0.1) is 11.3 Å². The maximum Gasteiger partial charge on any atom is 0.195 e. The van der Waals surface area contributed by atoms with Gasteiger partial charge in [-0.1, -0.05) is 37.6 Å². The third-order valence-corrected chi connectivity index (χ3v) is 4.59. The molecule has 0 saturated heterocycles. The van der Waals surface area contributed by atoms with Crippen molar-refractivity contribution in [3.05, 3.63) is 50.5 Å². The largest absolute Gasteiger partial charge is 0.396 e. The van der Waals surface area contributed by atoms with Crippen molar-refractivity contribution in [2.75, 3.05) is 12.4 Å². The molecule has 2 aromatic rings. The summed E-state index contributed by atoms with van der Waals surface area (Å²) in [6, 6.07) is 7.88. The van der Waals surface area contributed by atoms with E-state index in [0.29, 0.717) is 5.75 Å². The summed E-state index contributed by atoms with van der Waals surface area (Å²) in [4.78, 5) is 13.5. The predicted octanol–water partition coefficient (Wildman–Crippen LogP) is 4.55. The van der Waals surface area contributed by atoms with E-state index in [-0.39, 0.29) is 12.0 Å². The maximum absolute atomic E-state index is 12.3. The number of hydrogen-bond acceptors (Lipinski definition) is 4. The topological polar surface area (TPSA) is 37.3 Å². The molecule has 0 bridgehead atoms. The van der Waals surface area contributed by atoms with Crippen molar-refractivity contribution in [3.8, 4) is 0 Å². The molecule has 0 unspecified atom stereocenters. The van der Waals surface area contributed by atoms with Crippen molar-refractivity contribution in [3.63, 3.8) is 0 Å². The SMILES string of the molecule is CC.CC1=Cc2c(sc3ccccc3c2=O)CC1.OCCS. The minimum atomic E-state index is 0.184. The van der Waals surface area contributed by atoms with E-state index in [2.05, 4.69) is 25.6 Å². The van der Waals surface area contributed by atoms with Gasteiger partial charge in [0.05, 0.1) is 6.61 Å². The Hall–Kier alpha value is -1.10. The Morgan fingerprint density at radius 3 is 2.50 bits per heavy atom. The highest BCUT2D eigenvalue weighted by Gasteiger charge is 2.14. The van der Waals surface area contributed by atoms with Gasteiger partial charge in [0.2, 0.25) is 0 Å². The second-order valence-corrected chi connectivity index (χ2v) is 6.29. The number of benzene rings is 1. The number of aliphatic hydroxyl groups excluding tert-OH is 1. The van der Waals surface area contributed by atoms with Gasteiger partial charge >= 0.3 is 0 Å². The van der Waals surface area contributed by atoms with Crippen LogP contribution in [0, 0.1) is 0 Å². The average molecular weight is 337 g/mol.